The number of carboxylic acids is 1. The van der Waals surface area contributed by atoms with E-state index in [9.17, 15) is 4.79 Å². The number of hydrogen-bond acceptors (Lipinski definition) is 4. The Morgan fingerprint density at radius 3 is 2.68 bits per heavy atom. The average molecular weight is 279 g/mol. The summed E-state index contributed by atoms with van der Waals surface area (Å²) < 4.78 is 5.49. The third-order valence-electron chi connectivity index (χ3n) is 2.34. The van der Waals surface area contributed by atoms with Crippen LogP contribution < -0.4 is 4.74 Å². The van der Waals surface area contributed by atoms with Gasteiger partial charge in [0.1, 0.15) is 11.6 Å². The lowest BCUT2D eigenvalue weighted by molar-refractivity contribution is 0.0696. The number of benzene rings is 1. The van der Waals surface area contributed by atoms with Crippen LogP contribution in [0.1, 0.15) is 16.2 Å². The molecule has 2 aromatic rings. The predicted molar refractivity (Wildman–Crippen MR) is 69.6 cm³/mol. The Hall–Kier alpha value is -2.14. The number of ether oxygens (including phenoxy) is 1. The molecule has 0 radical (unpaired) electrons. The van der Waals surface area contributed by atoms with E-state index in [-0.39, 0.29) is 5.56 Å². The first-order valence-electron chi connectivity index (χ1n) is 5.58. The van der Waals surface area contributed by atoms with Gasteiger partial charge in [-0.05, 0) is 18.2 Å². The molecule has 0 unspecified atom stereocenters. The summed E-state index contributed by atoms with van der Waals surface area (Å²) in [6, 6.07) is 7.09. The zero-order valence-corrected chi connectivity index (χ0v) is 10.7. The van der Waals surface area contributed by atoms with Crippen LogP contribution in [0.4, 0.5) is 0 Å². The summed E-state index contributed by atoms with van der Waals surface area (Å²) in [7, 11) is 0. The standard InChI is InChI=1S/C13H11ClN2O3/c14-10-2-1-3-11(6-10)19-5-4-12-15-7-9(8-16-12)13(17)18/h1-3,6-8H,4-5H2,(H,17,18). The topological polar surface area (TPSA) is 72.3 Å². The minimum atomic E-state index is -1.04. The third-order valence-corrected chi connectivity index (χ3v) is 2.58. The number of halogens is 1. The maximum absolute atomic E-state index is 10.6. The highest BCUT2D eigenvalue weighted by molar-refractivity contribution is 6.30. The van der Waals surface area contributed by atoms with E-state index >= 15 is 0 Å². The lowest BCUT2D eigenvalue weighted by Crippen LogP contribution is -2.06. The second-order valence-corrected chi connectivity index (χ2v) is 4.19. The Morgan fingerprint density at radius 2 is 2.05 bits per heavy atom. The molecule has 0 amide bonds. The van der Waals surface area contributed by atoms with Crippen molar-refractivity contribution in [1.29, 1.82) is 0 Å². The van der Waals surface area contributed by atoms with Crippen LogP contribution >= 0.6 is 11.6 Å². The van der Waals surface area contributed by atoms with E-state index in [2.05, 4.69) is 9.97 Å². The number of rotatable bonds is 5. The number of aromatic carboxylic acids is 1. The highest BCUT2D eigenvalue weighted by Crippen LogP contribution is 2.17. The van der Waals surface area contributed by atoms with E-state index < -0.39 is 5.97 Å². The van der Waals surface area contributed by atoms with Gasteiger partial charge in [-0.2, -0.15) is 0 Å². The summed E-state index contributed by atoms with van der Waals surface area (Å²) in [4.78, 5) is 18.5. The zero-order chi connectivity index (χ0) is 13.7. The SMILES string of the molecule is O=C(O)c1cnc(CCOc2cccc(Cl)c2)nc1. The normalized spacial score (nSPS) is 10.2. The van der Waals surface area contributed by atoms with Crippen LogP contribution in [0, 0.1) is 0 Å². The molecule has 1 aromatic heterocycles. The van der Waals surface area contributed by atoms with Crippen molar-refractivity contribution in [2.45, 2.75) is 6.42 Å². The Morgan fingerprint density at radius 1 is 1.32 bits per heavy atom. The summed E-state index contributed by atoms with van der Waals surface area (Å²) in [6.45, 7) is 0.396. The van der Waals surface area contributed by atoms with E-state index in [0.29, 0.717) is 29.6 Å². The fourth-order valence-corrected chi connectivity index (χ4v) is 1.59. The van der Waals surface area contributed by atoms with Gasteiger partial charge in [0.05, 0.1) is 12.2 Å². The Balaban J connectivity index is 1.87. The molecule has 1 heterocycles. The van der Waals surface area contributed by atoms with Crippen molar-refractivity contribution in [1.82, 2.24) is 9.97 Å². The van der Waals surface area contributed by atoms with Crippen LogP contribution in [0.5, 0.6) is 5.75 Å². The molecule has 6 heteroatoms. The number of hydrogen-bond donors (Lipinski definition) is 1. The van der Waals surface area contributed by atoms with Gasteiger partial charge < -0.3 is 9.84 Å². The molecule has 19 heavy (non-hydrogen) atoms. The van der Waals surface area contributed by atoms with Gasteiger partial charge in [0, 0.05) is 23.8 Å². The van der Waals surface area contributed by atoms with Crippen molar-refractivity contribution in [3.8, 4) is 5.75 Å². The highest BCUT2D eigenvalue weighted by atomic mass is 35.5. The maximum Gasteiger partial charge on any atom is 0.338 e. The Labute approximate surface area is 114 Å². The molecule has 5 nitrogen and oxygen atoms in total. The zero-order valence-electron chi connectivity index (χ0n) is 9.91. The summed E-state index contributed by atoms with van der Waals surface area (Å²) >= 11 is 5.83. The molecule has 0 aliphatic heterocycles. The van der Waals surface area contributed by atoms with Crippen molar-refractivity contribution in [2.75, 3.05) is 6.61 Å². The summed E-state index contributed by atoms with van der Waals surface area (Å²) in [5.74, 6) is 0.170. The quantitative estimate of drug-likeness (QED) is 0.909. The first-order chi connectivity index (χ1) is 9.15. The van der Waals surface area contributed by atoms with E-state index in [4.69, 9.17) is 21.4 Å². The molecule has 0 saturated carbocycles. The summed E-state index contributed by atoms with van der Waals surface area (Å²) in [5.41, 5.74) is 0.0690. The minimum absolute atomic E-state index is 0.0690. The fraction of sp³-hybridized carbons (Fsp3) is 0.154. The largest absolute Gasteiger partial charge is 0.493 e. The lowest BCUT2D eigenvalue weighted by Gasteiger charge is -2.05. The van der Waals surface area contributed by atoms with E-state index in [0.717, 1.165) is 0 Å². The van der Waals surface area contributed by atoms with Crippen molar-refractivity contribution in [2.24, 2.45) is 0 Å². The lowest BCUT2D eigenvalue weighted by atomic mass is 10.3. The van der Waals surface area contributed by atoms with Crippen molar-refractivity contribution in [3.63, 3.8) is 0 Å². The van der Waals surface area contributed by atoms with Gasteiger partial charge in [-0.1, -0.05) is 17.7 Å². The van der Waals surface area contributed by atoms with Gasteiger partial charge in [0.15, 0.2) is 0 Å². The van der Waals surface area contributed by atoms with Gasteiger partial charge >= 0.3 is 5.97 Å². The van der Waals surface area contributed by atoms with Crippen LogP contribution in [0.15, 0.2) is 36.7 Å². The van der Waals surface area contributed by atoms with E-state index in [1.807, 2.05) is 0 Å². The average Bonchev–Trinajstić information content (AvgIpc) is 2.39. The molecule has 98 valence electrons. The van der Waals surface area contributed by atoms with Gasteiger partial charge in [0.2, 0.25) is 0 Å². The van der Waals surface area contributed by atoms with Crippen molar-refractivity contribution < 1.29 is 14.6 Å². The molecule has 0 saturated heterocycles. The number of carboxylic acid groups (broad SMARTS) is 1. The predicted octanol–water partition coefficient (Wildman–Crippen LogP) is 2.45. The Bertz CT molecular complexity index is 572. The van der Waals surface area contributed by atoms with Gasteiger partial charge in [-0.3, -0.25) is 0 Å². The molecular formula is C13H11ClN2O3. The molecule has 1 N–H and O–H groups in total. The molecule has 0 aliphatic rings. The molecule has 0 bridgehead atoms. The van der Waals surface area contributed by atoms with Crippen LogP contribution in [-0.4, -0.2) is 27.7 Å². The van der Waals surface area contributed by atoms with Gasteiger partial charge in [-0.15, -0.1) is 0 Å². The second kappa shape index (κ2) is 6.15. The van der Waals surface area contributed by atoms with Crippen LogP contribution in [0.3, 0.4) is 0 Å². The summed E-state index contributed by atoms with van der Waals surface area (Å²) in [6.07, 6.45) is 3.06. The monoisotopic (exact) mass is 278 g/mol. The number of carbonyl (C=O) groups is 1. The number of nitrogens with zero attached hydrogens (tertiary/aromatic N) is 2. The molecule has 0 spiro atoms. The van der Waals surface area contributed by atoms with Crippen LogP contribution in [0.25, 0.3) is 0 Å². The molecule has 0 fully saturated rings. The first kappa shape index (κ1) is 13.3. The highest BCUT2D eigenvalue weighted by Gasteiger charge is 2.04. The van der Waals surface area contributed by atoms with Gasteiger partial charge in [0.25, 0.3) is 0 Å². The van der Waals surface area contributed by atoms with Crippen molar-refractivity contribution in [3.05, 3.63) is 53.1 Å². The van der Waals surface area contributed by atoms with Crippen LogP contribution in [-0.2, 0) is 6.42 Å². The molecular weight excluding hydrogens is 268 g/mol. The van der Waals surface area contributed by atoms with Crippen molar-refractivity contribution >= 4 is 17.6 Å². The summed E-state index contributed by atoms with van der Waals surface area (Å²) in [5, 5.41) is 9.32. The molecule has 1 aromatic carbocycles. The van der Waals surface area contributed by atoms with E-state index in [1.165, 1.54) is 12.4 Å². The first-order valence-corrected chi connectivity index (χ1v) is 5.95. The molecule has 2 rings (SSSR count). The van der Waals surface area contributed by atoms with Crippen LogP contribution in [0.2, 0.25) is 5.02 Å². The van der Waals surface area contributed by atoms with E-state index in [1.54, 1.807) is 24.3 Å². The van der Waals surface area contributed by atoms with Gasteiger partial charge in [-0.25, -0.2) is 14.8 Å². The molecule has 0 aliphatic carbocycles. The molecule has 0 atom stereocenters. The smallest absolute Gasteiger partial charge is 0.338 e. The Kier molecular flexibility index (Phi) is 4.30. The maximum atomic E-state index is 10.6. The number of aromatic nitrogens is 2. The fourth-order valence-electron chi connectivity index (χ4n) is 1.41. The third kappa shape index (κ3) is 3.93. The minimum Gasteiger partial charge on any atom is -0.493 e. The second-order valence-electron chi connectivity index (χ2n) is 3.75.